The third-order valence-electron chi connectivity index (χ3n) is 1.83. The molecular weight excluding hydrogens is 194 g/mol. The third kappa shape index (κ3) is 3.30. The number of hydrazone groups is 2. The van der Waals surface area contributed by atoms with Gasteiger partial charge in [0.15, 0.2) is 0 Å². The van der Waals surface area contributed by atoms with Crippen molar-refractivity contribution >= 4 is 12.4 Å². The van der Waals surface area contributed by atoms with Crippen LogP contribution in [-0.4, -0.2) is 22.6 Å². The molecule has 0 amide bonds. The molecule has 80 valence electrons. The van der Waals surface area contributed by atoms with Gasteiger partial charge in [-0.1, -0.05) is 6.07 Å². The Labute approximate surface area is 87.8 Å². The number of hydrogen-bond donors (Lipinski definition) is 3. The van der Waals surface area contributed by atoms with E-state index in [1.165, 1.54) is 12.1 Å². The summed E-state index contributed by atoms with van der Waals surface area (Å²) in [5.41, 5.74) is 3.82. The van der Waals surface area contributed by atoms with Gasteiger partial charge in [-0.2, -0.15) is 15.7 Å². The normalized spacial score (nSPS) is 11.1. The molecule has 0 bridgehead atoms. The molecule has 5 heteroatoms. The Kier molecular flexibility index (Phi) is 3.68. The molecule has 0 spiro atoms. The summed E-state index contributed by atoms with van der Waals surface area (Å²) in [7, 11) is 0. The number of nitrogens with one attached hydrogen (secondary N) is 1. The lowest BCUT2D eigenvalue weighted by Gasteiger charge is -2.04. The fraction of sp³-hybridized carbons (Fsp3) is 0.200. The molecule has 0 saturated heterocycles. The Bertz CT molecular complexity index is 388. The second kappa shape index (κ2) is 4.99. The van der Waals surface area contributed by atoms with Crippen molar-refractivity contribution in [2.45, 2.75) is 13.3 Å². The predicted molar refractivity (Wildman–Crippen MR) is 59.3 cm³/mol. The maximum absolute atomic E-state index is 9.49. The van der Waals surface area contributed by atoms with Gasteiger partial charge >= 0.3 is 0 Å². The minimum atomic E-state index is 0.0386. The maximum Gasteiger partial charge on any atom is 0.122 e. The van der Waals surface area contributed by atoms with Crippen molar-refractivity contribution in [3.8, 4) is 11.5 Å². The first-order valence-corrected chi connectivity index (χ1v) is 4.38. The van der Waals surface area contributed by atoms with Crippen LogP contribution in [-0.2, 0) is 6.42 Å². The molecule has 0 aromatic heterocycles. The average Bonchev–Trinajstić information content (AvgIpc) is 2.19. The van der Waals surface area contributed by atoms with E-state index in [0.717, 1.165) is 5.71 Å². The Hall–Kier alpha value is -2.04. The number of aromatic hydroxyl groups is 2. The van der Waals surface area contributed by atoms with Crippen molar-refractivity contribution in [1.82, 2.24) is 5.53 Å². The molecule has 0 fully saturated rings. The Balaban J connectivity index is 2.76. The summed E-state index contributed by atoms with van der Waals surface area (Å²) in [6, 6.07) is 4.45. The lowest BCUT2D eigenvalue weighted by atomic mass is 10.1. The summed E-state index contributed by atoms with van der Waals surface area (Å²) in [5.74, 6) is 0.0906. The van der Waals surface area contributed by atoms with Crippen LogP contribution in [0, 0.1) is 0 Å². The molecule has 0 radical (unpaired) electrons. The van der Waals surface area contributed by atoms with Gasteiger partial charge in [0.25, 0.3) is 0 Å². The number of rotatable bonds is 4. The smallest absolute Gasteiger partial charge is 0.122 e. The van der Waals surface area contributed by atoms with Gasteiger partial charge in [0, 0.05) is 24.9 Å². The van der Waals surface area contributed by atoms with E-state index in [0.29, 0.717) is 12.0 Å². The van der Waals surface area contributed by atoms with Crippen LogP contribution in [0.1, 0.15) is 12.5 Å². The van der Waals surface area contributed by atoms with Crippen molar-refractivity contribution in [1.29, 1.82) is 0 Å². The van der Waals surface area contributed by atoms with E-state index in [4.69, 9.17) is 5.11 Å². The van der Waals surface area contributed by atoms with E-state index in [1.54, 1.807) is 13.0 Å². The zero-order valence-corrected chi connectivity index (χ0v) is 8.44. The largest absolute Gasteiger partial charge is 0.508 e. The lowest BCUT2D eigenvalue weighted by molar-refractivity contribution is 0.447. The molecule has 0 unspecified atom stereocenters. The van der Waals surface area contributed by atoms with Gasteiger partial charge in [-0.25, -0.2) is 0 Å². The van der Waals surface area contributed by atoms with Crippen LogP contribution in [0.15, 0.2) is 28.4 Å². The molecular formula is C10H13N3O2. The zero-order chi connectivity index (χ0) is 11.3. The third-order valence-corrected chi connectivity index (χ3v) is 1.83. The van der Waals surface area contributed by atoms with Crippen molar-refractivity contribution in [3.05, 3.63) is 23.8 Å². The molecule has 0 atom stereocenters. The summed E-state index contributed by atoms with van der Waals surface area (Å²) in [6.45, 7) is 5.01. The van der Waals surface area contributed by atoms with Crippen molar-refractivity contribution in [2.24, 2.45) is 10.2 Å². The van der Waals surface area contributed by atoms with E-state index in [-0.39, 0.29) is 11.5 Å². The Morgan fingerprint density at radius 1 is 1.47 bits per heavy atom. The molecule has 1 rings (SSSR count). The van der Waals surface area contributed by atoms with Crippen LogP contribution in [0.2, 0.25) is 0 Å². The SMILES string of the molecule is C=NN/N=C(\C)Cc1ccc(O)cc1O. The molecule has 1 aromatic rings. The molecule has 0 aliphatic rings. The maximum atomic E-state index is 9.49. The summed E-state index contributed by atoms with van der Waals surface area (Å²) < 4.78 is 0. The number of hydrogen-bond acceptors (Lipinski definition) is 5. The minimum absolute atomic E-state index is 0.0386. The van der Waals surface area contributed by atoms with E-state index in [2.05, 4.69) is 22.5 Å². The monoisotopic (exact) mass is 207 g/mol. The van der Waals surface area contributed by atoms with Crippen LogP contribution in [0.4, 0.5) is 0 Å². The van der Waals surface area contributed by atoms with Gasteiger partial charge < -0.3 is 10.2 Å². The highest BCUT2D eigenvalue weighted by molar-refractivity contribution is 5.84. The summed E-state index contributed by atoms with van der Waals surface area (Å²) in [6.07, 6.45) is 0.481. The quantitative estimate of drug-likeness (QED) is 0.513. The molecule has 0 heterocycles. The standard InChI is InChI=1S/C10H13N3O2/c1-7(12-13-11-2)5-8-3-4-9(14)6-10(8)15/h3-4,6,13-15H,2,5H2,1H3/b12-7+. The fourth-order valence-electron chi connectivity index (χ4n) is 1.14. The first-order chi connectivity index (χ1) is 7.13. The van der Waals surface area contributed by atoms with E-state index in [1.807, 2.05) is 0 Å². The average molecular weight is 207 g/mol. The van der Waals surface area contributed by atoms with Gasteiger partial charge in [0.05, 0.1) is 0 Å². The van der Waals surface area contributed by atoms with Crippen molar-refractivity contribution in [2.75, 3.05) is 0 Å². The van der Waals surface area contributed by atoms with Crippen molar-refractivity contribution in [3.63, 3.8) is 0 Å². The van der Waals surface area contributed by atoms with Gasteiger partial charge in [-0.15, -0.1) is 0 Å². The molecule has 3 N–H and O–H groups in total. The van der Waals surface area contributed by atoms with Crippen LogP contribution in [0.3, 0.4) is 0 Å². The number of phenols is 2. The van der Waals surface area contributed by atoms with Crippen LogP contribution in [0.25, 0.3) is 0 Å². The van der Waals surface area contributed by atoms with Gasteiger partial charge in [0.2, 0.25) is 0 Å². The number of benzene rings is 1. The second-order valence-electron chi connectivity index (χ2n) is 3.09. The van der Waals surface area contributed by atoms with Gasteiger partial charge in [0.1, 0.15) is 11.5 Å². The highest BCUT2D eigenvalue weighted by Crippen LogP contribution is 2.22. The Morgan fingerprint density at radius 3 is 2.80 bits per heavy atom. The molecule has 0 aliphatic heterocycles. The number of phenolic OH excluding ortho intramolecular Hbond substituents is 2. The van der Waals surface area contributed by atoms with E-state index < -0.39 is 0 Å². The zero-order valence-electron chi connectivity index (χ0n) is 8.44. The predicted octanol–water partition coefficient (Wildman–Crippen LogP) is 1.22. The van der Waals surface area contributed by atoms with Crippen LogP contribution < -0.4 is 5.53 Å². The fourth-order valence-corrected chi connectivity index (χ4v) is 1.14. The highest BCUT2D eigenvalue weighted by Gasteiger charge is 2.03. The van der Waals surface area contributed by atoms with Gasteiger partial charge in [-0.3, -0.25) is 0 Å². The first-order valence-electron chi connectivity index (χ1n) is 4.38. The van der Waals surface area contributed by atoms with Crippen molar-refractivity contribution < 1.29 is 10.2 Å². The topological polar surface area (TPSA) is 77.2 Å². The number of nitrogens with zero attached hydrogens (tertiary/aromatic N) is 2. The summed E-state index contributed by atoms with van der Waals surface area (Å²) in [5, 5.41) is 25.8. The summed E-state index contributed by atoms with van der Waals surface area (Å²) >= 11 is 0. The van der Waals surface area contributed by atoms with E-state index >= 15 is 0 Å². The molecule has 0 saturated carbocycles. The molecule has 5 nitrogen and oxygen atoms in total. The second-order valence-corrected chi connectivity index (χ2v) is 3.09. The first kappa shape index (κ1) is 11.0. The molecule has 15 heavy (non-hydrogen) atoms. The van der Waals surface area contributed by atoms with E-state index in [9.17, 15) is 5.11 Å². The Morgan fingerprint density at radius 2 is 2.20 bits per heavy atom. The molecule has 1 aromatic carbocycles. The lowest BCUT2D eigenvalue weighted by Crippen LogP contribution is -2.04. The van der Waals surface area contributed by atoms with Gasteiger partial charge in [-0.05, 0) is 18.6 Å². The highest BCUT2D eigenvalue weighted by atomic mass is 16.3. The minimum Gasteiger partial charge on any atom is -0.508 e. The summed E-state index contributed by atoms with van der Waals surface area (Å²) in [4.78, 5) is 0. The van der Waals surface area contributed by atoms with Crippen LogP contribution >= 0.6 is 0 Å². The molecule has 0 aliphatic carbocycles. The van der Waals surface area contributed by atoms with Crippen LogP contribution in [0.5, 0.6) is 11.5 Å².